The Morgan fingerprint density at radius 1 is 1.41 bits per heavy atom. The molecule has 0 radical (unpaired) electrons. The summed E-state index contributed by atoms with van der Waals surface area (Å²) in [5.74, 6) is 0.238. The summed E-state index contributed by atoms with van der Waals surface area (Å²) in [6, 6.07) is 0.0268. The Labute approximate surface area is 99.4 Å². The van der Waals surface area contributed by atoms with Crippen LogP contribution in [0.3, 0.4) is 0 Å². The first kappa shape index (κ1) is 16.0. The Balaban J connectivity index is 3.63. The number of ether oxygens (including phenoxy) is 1. The summed E-state index contributed by atoms with van der Waals surface area (Å²) in [6.07, 6.45) is -4.40. The summed E-state index contributed by atoms with van der Waals surface area (Å²) in [4.78, 5) is 3.93. The summed E-state index contributed by atoms with van der Waals surface area (Å²) < 4.78 is 40.3. The number of nitrogens with zero attached hydrogens (tertiary/aromatic N) is 1. The van der Waals surface area contributed by atoms with Gasteiger partial charge in [0.05, 0.1) is 6.61 Å². The standard InChI is InChI=1S/C10H20F3N3O/c1-8(7-17-2)16-9(14)15-6-4-3-5-10(11,12)13/h8H,3-7H2,1-2H3,(H3,14,15,16). The Hall–Kier alpha value is -0.980. The van der Waals surface area contributed by atoms with E-state index in [0.29, 0.717) is 19.6 Å². The smallest absolute Gasteiger partial charge is 0.383 e. The van der Waals surface area contributed by atoms with E-state index in [4.69, 9.17) is 10.5 Å². The lowest BCUT2D eigenvalue weighted by atomic mass is 10.2. The van der Waals surface area contributed by atoms with Crippen molar-refractivity contribution in [2.24, 2.45) is 10.7 Å². The van der Waals surface area contributed by atoms with Gasteiger partial charge in [0, 0.05) is 26.1 Å². The molecule has 7 heteroatoms. The Bertz CT molecular complexity index is 231. The topological polar surface area (TPSA) is 59.6 Å². The molecule has 0 aromatic heterocycles. The summed E-state index contributed by atoms with van der Waals surface area (Å²) in [6.45, 7) is 2.66. The second kappa shape index (κ2) is 8.16. The molecule has 17 heavy (non-hydrogen) atoms. The molecule has 0 bridgehead atoms. The van der Waals surface area contributed by atoms with Crippen LogP contribution in [0, 0.1) is 0 Å². The molecule has 0 aliphatic rings. The van der Waals surface area contributed by atoms with Crippen molar-refractivity contribution >= 4 is 5.96 Å². The van der Waals surface area contributed by atoms with Crippen molar-refractivity contribution in [1.82, 2.24) is 5.32 Å². The van der Waals surface area contributed by atoms with Gasteiger partial charge in [0.15, 0.2) is 5.96 Å². The van der Waals surface area contributed by atoms with Gasteiger partial charge >= 0.3 is 6.18 Å². The predicted molar refractivity (Wildman–Crippen MR) is 60.9 cm³/mol. The number of rotatable bonds is 7. The number of methoxy groups -OCH3 is 1. The second-order valence-corrected chi connectivity index (χ2v) is 3.84. The van der Waals surface area contributed by atoms with Crippen molar-refractivity contribution in [2.45, 2.75) is 38.4 Å². The van der Waals surface area contributed by atoms with Crippen LogP contribution >= 0.6 is 0 Å². The van der Waals surface area contributed by atoms with Crippen molar-refractivity contribution in [3.8, 4) is 0 Å². The van der Waals surface area contributed by atoms with E-state index in [9.17, 15) is 13.2 Å². The molecular formula is C10H20F3N3O. The van der Waals surface area contributed by atoms with Crippen LogP contribution in [0.4, 0.5) is 13.2 Å². The molecule has 4 nitrogen and oxygen atoms in total. The third kappa shape index (κ3) is 11.3. The first-order valence-electron chi connectivity index (χ1n) is 5.47. The highest BCUT2D eigenvalue weighted by molar-refractivity contribution is 5.78. The Kier molecular flexibility index (Phi) is 7.69. The number of nitrogens with one attached hydrogen (secondary N) is 1. The molecule has 3 N–H and O–H groups in total. The van der Waals surface area contributed by atoms with Crippen molar-refractivity contribution in [2.75, 3.05) is 20.3 Å². The Morgan fingerprint density at radius 3 is 2.59 bits per heavy atom. The van der Waals surface area contributed by atoms with Crippen LogP contribution in [0.2, 0.25) is 0 Å². The lowest BCUT2D eigenvalue weighted by molar-refractivity contribution is -0.135. The maximum atomic E-state index is 11.8. The zero-order chi connectivity index (χ0) is 13.3. The number of unbranched alkanes of at least 4 members (excludes halogenated alkanes) is 1. The van der Waals surface area contributed by atoms with Gasteiger partial charge in [-0.15, -0.1) is 0 Å². The largest absolute Gasteiger partial charge is 0.389 e. The molecule has 102 valence electrons. The van der Waals surface area contributed by atoms with E-state index in [0.717, 1.165) is 0 Å². The van der Waals surface area contributed by atoms with Crippen LogP contribution in [-0.2, 0) is 4.74 Å². The summed E-state index contributed by atoms with van der Waals surface area (Å²) >= 11 is 0. The van der Waals surface area contributed by atoms with Gasteiger partial charge in [0.1, 0.15) is 0 Å². The van der Waals surface area contributed by atoms with Gasteiger partial charge < -0.3 is 15.8 Å². The molecule has 0 aromatic rings. The lowest BCUT2D eigenvalue weighted by Crippen LogP contribution is -2.40. The zero-order valence-corrected chi connectivity index (χ0v) is 10.2. The summed E-state index contributed by atoms with van der Waals surface area (Å²) in [5, 5.41) is 2.87. The van der Waals surface area contributed by atoms with Gasteiger partial charge in [-0.3, -0.25) is 4.99 Å². The Morgan fingerprint density at radius 2 is 2.06 bits per heavy atom. The number of hydrogen-bond donors (Lipinski definition) is 2. The summed E-state index contributed by atoms with van der Waals surface area (Å²) in [5.41, 5.74) is 5.53. The van der Waals surface area contributed by atoms with Gasteiger partial charge in [-0.1, -0.05) is 0 Å². The van der Waals surface area contributed by atoms with Crippen LogP contribution in [-0.4, -0.2) is 38.4 Å². The van der Waals surface area contributed by atoms with E-state index in [1.807, 2.05) is 6.92 Å². The fraction of sp³-hybridized carbons (Fsp3) is 0.900. The SMILES string of the molecule is COCC(C)NC(N)=NCCCCC(F)(F)F. The van der Waals surface area contributed by atoms with E-state index >= 15 is 0 Å². The minimum absolute atomic E-state index is 0.0268. The fourth-order valence-corrected chi connectivity index (χ4v) is 1.23. The van der Waals surface area contributed by atoms with E-state index in [-0.39, 0.29) is 18.4 Å². The first-order valence-corrected chi connectivity index (χ1v) is 5.47. The number of guanidine groups is 1. The molecule has 0 heterocycles. The van der Waals surface area contributed by atoms with Gasteiger partial charge in [0.25, 0.3) is 0 Å². The number of nitrogens with two attached hydrogens (primary N) is 1. The number of aliphatic imine (C=N–C) groups is 1. The molecule has 0 rings (SSSR count). The van der Waals surface area contributed by atoms with Gasteiger partial charge in [0.2, 0.25) is 0 Å². The molecule has 0 amide bonds. The highest BCUT2D eigenvalue weighted by Gasteiger charge is 2.25. The second-order valence-electron chi connectivity index (χ2n) is 3.84. The van der Waals surface area contributed by atoms with E-state index < -0.39 is 12.6 Å². The minimum atomic E-state index is -4.08. The van der Waals surface area contributed by atoms with Crippen LogP contribution in [0.25, 0.3) is 0 Å². The van der Waals surface area contributed by atoms with Crippen molar-refractivity contribution < 1.29 is 17.9 Å². The van der Waals surface area contributed by atoms with Crippen LogP contribution in [0.1, 0.15) is 26.2 Å². The number of hydrogen-bond acceptors (Lipinski definition) is 2. The van der Waals surface area contributed by atoms with E-state index in [1.165, 1.54) is 0 Å². The number of halogens is 3. The van der Waals surface area contributed by atoms with Gasteiger partial charge in [-0.2, -0.15) is 13.2 Å². The molecule has 1 unspecified atom stereocenters. The monoisotopic (exact) mass is 255 g/mol. The molecule has 1 atom stereocenters. The highest BCUT2D eigenvalue weighted by atomic mass is 19.4. The van der Waals surface area contributed by atoms with E-state index in [2.05, 4.69) is 10.3 Å². The van der Waals surface area contributed by atoms with E-state index in [1.54, 1.807) is 7.11 Å². The quantitative estimate of drug-likeness (QED) is 0.413. The molecule has 0 aliphatic heterocycles. The molecule has 0 spiro atoms. The van der Waals surface area contributed by atoms with Crippen molar-refractivity contribution in [3.05, 3.63) is 0 Å². The minimum Gasteiger partial charge on any atom is -0.383 e. The normalized spacial score (nSPS) is 14.8. The molecular weight excluding hydrogens is 235 g/mol. The van der Waals surface area contributed by atoms with Crippen LogP contribution in [0.15, 0.2) is 4.99 Å². The third-order valence-electron chi connectivity index (χ3n) is 1.96. The van der Waals surface area contributed by atoms with Crippen molar-refractivity contribution in [1.29, 1.82) is 0 Å². The maximum Gasteiger partial charge on any atom is 0.389 e. The average molecular weight is 255 g/mol. The fourth-order valence-electron chi connectivity index (χ4n) is 1.23. The molecule has 0 saturated carbocycles. The van der Waals surface area contributed by atoms with Crippen molar-refractivity contribution in [3.63, 3.8) is 0 Å². The van der Waals surface area contributed by atoms with Crippen LogP contribution in [0.5, 0.6) is 0 Å². The van der Waals surface area contributed by atoms with Crippen LogP contribution < -0.4 is 11.1 Å². The maximum absolute atomic E-state index is 11.8. The third-order valence-corrected chi connectivity index (χ3v) is 1.96. The average Bonchev–Trinajstić information content (AvgIpc) is 2.15. The molecule has 0 fully saturated rings. The molecule has 0 aromatic carbocycles. The highest BCUT2D eigenvalue weighted by Crippen LogP contribution is 2.21. The van der Waals surface area contributed by atoms with Gasteiger partial charge in [-0.05, 0) is 19.8 Å². The molecule has 0 saturated heterocycles. The number of alkyl halides is 3. The lowest BCUT2D eigenvalue weighted by Gasteiger charge is -2.13. The zero-order valence-electron chi connectivity index (χ0n) is 10.2. The van der Waals surface area contributed by atoms with Gasteiger partial charge in [-0.25, -0.2) is 0 Å². The predicted octanol–water partition coefficient (Wildman–Crippen LogP) is 1.66. The molecule has 0 aliphatic carbocycles. The summed E-state index contributed by atoms with van der Waals surface area (Å²) in [7, 11) is 1.57. The first-order chi connectivity index (χ1) is 7.85.